The maximum Gasteiger partial charge on any atom is 0.221 e. The van der Waals surface area contributed by atoms with Crippen LogP contribution in [0.4, 0.5) is 0 Å². The molecular formula is C11H21N3OS. The third-order valence-corrected chi connectivity index (χ3v) is 3.87. The van der Waals surface area contributed by atoms with Gasteiger partial charge in [0.15, 0.2) is 5.17 Å². The van der Waals surface area contributed by atoms with E-state index in [2.05, 4.69) is 29.5 Å². The second-order valence-corrected chi connectivity index (χ2v) is 5.33. The minimum Gasteiger partial charge on any atom is -0.360 e. The number of aliphatic imine (C=N–C) groups is 1. The highest BCUT2D eigenvalue weighted by atomic mass is 32.2. The second-order valence-electron chi connectivity index (χ2n) is 4.25. The smallest absolute Gasteiger partial charge is 0.221 e. The first-order chi connectivity index (χ1) is 7.59. The van der Waals surface area contributed by atoms with Gasteiger partial charge in [0, 0.05) is 24.8 Å². The first-order valence-electron chi connectivity index (χ1n) is 5.75. The van der Waals surface area contributed by atoms with Gasteiger partial charge >= 0.3 is 0 Å². The van der Waals surface area contributed by atoms with Crippen molar-refractivity contribution in [1.82, 2.24) is 10.6 Å². The number of rotatable bonds is 4. The van der Waals surface area contributed by atoms with Crippen LogP contribution in [0.1, 0.15) is 33.1 Å². The highest BCUT2D eigenvalue weighted by Crippen LogP contribution is 2.24. The van der Waals surface area contributed by atoms with Crippen molar-refractivity contribution < 1.29 is 4.79 Å². The lowest BCUT2D eigenvalue weighted by molar-refractivity contribution is -0.120. The van der Waals surface area contributed by atoms with Gasteiger partial charge in [0.2, 0.25) is 5.91 Å². The van der Waals surface area contributed by atoms with Gasteiger partial charge in [-0.25, -0.2) is 0 Å². The summed E-state index contributed by atoms with van der Waals surface area (Å²) in [6.07, 6.45) is 2.73. The summed E-state index contributed by atoms with van der Waals surface area (Å²) < 4.78 is 0. The van der Waals surface area contributed by atoms with Gasteiger partial charge in [0.25, 0.3) is 0 Å². The Balaban J connectivity index is 2.41. The van der Waals surface area contributed by atoms with E-state index >= 15 is 0 Å². The molecule has 0 saturated carbocycles. The number of carbonyl (C=O) groups excluding carboxylic acids is 1. The maximum absolute atomic E-state index is 11.0. The Hall–Kier alpha value is -0.710. The number of hydrogen-bond donors (Lipinski definition) is 2. The standard InChI is InChI=1S/C11H21N3OS/c1-4-11(2)6-8-16-10(14-11)13-7-5-9(15)12-3/h4-8H2,1-3H3,(H,12,15)(H,13,14). The molecule has 1 saturated heterocycles. The summed E-state index contributed by atoms with van der Waals surface area (Å²) in [6.45, 7) is 4.97. The van der Waals surface area contributed by atoms with Crippen LogP contribution in [0.25, 0.3) is 0 Å². The molecular weight excluding hydrogens is 222 g/mol. The summed E-state index contributed by atoms with van der Waals surface area (Å²) >= 11 is 1.75. The van der Waals surface area contributed by atoms with Crippen LogP contribution >= 0.6 is 11.8 Å². The van der Waals surface area contributed by atoms with Crippen molar-refractivity contribution in [1.29, 1.82) is 0 Å². The fourth-order valence-corrected chi connectivity index (χ4v) is 2.71. The Morgan fingerprint density at radius 1 is 1.69 bits per heavy atom. The average molecular weight is 243 g/mol. The van der Waals surface area contributed by atoms with Crippen molar-refractivity contribution in [3.8, 4) is 0 Å². The number of nitrogens with one attached hydrogen (secondary N) is 2. The van der Waals surface area contributed by atoms with Gasteiger partial charge in [-0.2, -0.15) is 0 Å². The number of carbonyl (C=O) groups is 1. The van der Waals surface area contributed by atoms with E-state index in [0.29, 0.717) is 13.0 Å². The van der Waals surface area contributed by atoms with E-state index in [-0.39, 0.29) is 11.4 Å². The zero-order valence-electron chi connectivity index (χ0n) is 10.3. The topological polar surface area (TPSA) is 53.5 Å². The number of thioether (sulfide) groups is 1. The molecule has 0 bridgehead atoms. The molecule has 1 aliphatic heterocycles. The normalized spacial score (nSPS) is 27.6. The first-order valence-corrected chi connectivity index (χ1v) is 6.74. The van der Waals surface area contributed by atoms with Crippen LogP contribution in [-0.4, -0.2) is 36.0 Å². The van der Waals surface area contributed by atoms with Crippen LogP contribution in [0.2, 0.25) is 0 Å². The molecule has 4 nitrogen and oxygen atoms in total. The summed E-state index contributed by atoms with van der Waals surface area (Å²) in [4.78, 5) is 15.5. The minimum absolute atomic E-state index is 0.0448. The molecule has 1 heterocycles. The lowest BCUT2D eigenvalue weighted by Gasteiger charge is -2.35. The van der Waals surface area contributed by atoms with Crippen LogP contribution < -0.4 is 10.6 Å². The monoisotopic (exact) mass is 243 g/mol. The molecule has 1 aliphatic rings. The van der Waals surface area contributed by atoms with E-state index in [4.69, 9.17) is 0 Å². The lowest BCUT2D eigenvalue weighted by Crippen LogP contribution is -2.48. The van der Waals surface area contributed by atoms with E-state index in [1.54, 1.807) is 18.8 Å². The molecule has 1 amide bonds. The van der Waals surface area contributed by atoms with E-state index < -0.39 is 0 Å². The highest BCUT2D eigenvalue weighted by Gasteiger charge is 2.27. The maximum atomic E-state index is 11.0. The third-order valence-electron chi connectivity index (χ3n) is 2.95. The second kappa shape index (κ2) is 6.13. The summed E-state index contributed by atoms with van der Waals surface area (Å²) in [5.41, 5.74) is 0.178. The first kappa shape index (κ1) is 13.4. The molecule has 5 heteroatoms. The van der Waals surface area contributed by atoms with Crippen LogP contribution in [0.3, 0.4) is 0 Å². The van der Waals surface area contributed by atoms with Gasteiger partial charge in [-0.05, 0) is 19.8 Å². The van der Waals surface area contributed by atoms with E-state index in [1.807, 2.05) is 0 Å². The molecule has 0 aromatic rings. The van der Waals surface area contributed by atoms with Crippen molar-refractivity contribution in [3.63, 3.8) is 0 Å². The fraction of sp³-hybridized carbons (Fsp3) is 0.818. The summed E-state index contributed by atoms with van der Waals surface area (Å²) in [5, 5.41) is 7.03. The Bertz CT molecular complexity index is 280. The average Bonchev–Trinajstić information content (AvgIpc) is 2.29. The van der Waals surface area contributed by atoms with Crippen molar-refractivity contribution >= 4 is 22.8 Å². The predicted molar refractivity (Wildman–Crippen MR) is 69.9 cm³/mol. The Morgan fingerprint density at radius 3 is 3.06 bits per heavy atom. The number of amidine groups is 1. The van der Waals surface area contributed by atoms with Crippen molar-refractivity contribution in [3.05, 3.63) is 0 Å². The number of hydrogen-bond acceptors (Lipinski definition) is 3. The van der Waals surface area contributed by atoms with Gasteiger partial charge in [-0.1, -0.05) is 18.7 Å². The molecule has 0 aromatic heterocycles. The van der Waals surface area contributed by atoms with E-state index in [1.165, 1.54) is 6.42 Å². The number of amides is 1. The SMILES string of the molecule is CCC1(C)CCSC(=NCCC(=O)NC)N1. The zero-order chi connectivity index (χ0) is 12.0. The molecule has 92 valence electrons. The Kier molecular flexibility index (Phi) is 5.12. The van der Waals surface area contributed by atoms with Gasteiger partial charge in [0.05, 0.1) is 6.54 Å². The zero-order valence-corrected chi connectivity index (χ0v) is 11.1. The van der Waals surface area contributed by atoms with Crippen molar-refractivity contribution in [2.24, 2.45) is 4.99 Å². The molecule has 0 spiro atoms. The number of nitrogens with zero attached hydrogens (tertiary/aromatic N) is 1. The summed E-state index contributed by atoms with van der Waals surface area (Å²) in [6, 6.07) is 0. The van der Waals surface area contributed by atoms with E-state index in [0.717, 1.165) is 17.3 Å². The van der Waals surface area contributed by atoms with Gasteiger partial charge < -0.3 is 10.6 Å². The van der Waals surface area contributed by atoms with Gasteiger partial charge in [0.1, 0.15) is 0 Å². The quantitative estimate of drug-likeness (QED) is 0.784. The van der Waals surface area contributed by atoms with Crippen LogP contribution in [0, 0.1) is 0 Å². The third kappa shape index (κ3) is 4.04. The summed E-state index contributed by atoms with van der Waals surface area (Å²) in [5.74, 6) is 1.15. The van der Waals surface area contributed by atoms with Crippen LogP contribution in [-0.2, 0) is 4.79 Å². The largest absolute Gasteiger partial charge is 0.360 e. The molecule has 0 aliphatic carbocycles. The molecule has 1 atom stereocenters. The summed E-state index contributed by atoms with van der Waals surface area (Å²) in [7, 11) is 1.65. The molecule has 1 fully saturated rings. The van der Waals surface area contributed by atoms with Gasteiger partial charge in [-0.3, -0.25) is 9.79 Å². The molecule has 1 rings (SSSR count). The molecule has 0 aromatic carbocycles. The van der Waals surface area contributed by atoms with E-state index in [9.17, 15) is 4.79 Å². The van der Waals surface area contributed by atoms with Crippen molar-refractivity contribution in [2.75, 3.05) is 19.3 Å². The predicted octanol–water partition coefficient (Wildman–Crippen LogP) is 1.37. The van der Waals surface area contributed by atoms with Crippen LogP contribution in [0.15, 0.2) is 4.99 Å². The van der Waals surface area contributed by atoms with Crippen molar-refractivity contribution in [2.45, 2.75) is 38.6 Å². The molecule has 16 heavy (non-hydrogen) atoms. The molecule has 2 N–H and O–H groups in total. The van der Waals surface area contributed by atoms with Crippen LogP contribution in [0.5, 0.6) is 0 Å². The fourth-order valence-electron chi connectivity index (χ4n) is 1.46. The minimum atomic E-state index is 0.0448. The Morgan fingerprint density at radius 2 is 2.44 bits per heavy atom. The highest BCUT2D eigenvalue weighted by molar-refractivity contribution is 8.13. The van der Waals surface area contributed by atoms with Gasteiger partial charge in [-0.15, -0.1) is 0 Å². The lowest BCUT2D eigenvalue weighted by atomic mass is 9.96. The molecule has 0 radical (unpaired) electrons. The Labute approximate surface area is 102 Å². The molecule has 1 unspecified atom stereocenters.